The van der Waals surface area contributed by atoms with Crippen LogP contribution in [0.4, 0.5) is 5.69 Å². The number of hydrogen-bond donors (Lipinski definition) is 0. The zero-order valence-corrected chi connectivity index (χ0v) is 22.6. The lowest BCUT2D eigenvalue weighted by Crippen LogP contribution is -2.34. The average molecular weight is 521 g/mol. The van der Waals surface area contributed by atoms with Crippen molar-refractivity contribution in [1.29, 1.82) is 15.8 Å². The molecule has 0 atom stereocenters. The van der Waals surface area contributed by atoms with Crippen LogP contribution in [0.1, 0.15) is 53.1 Å². The minimum Gasteiger partial charge on any atom is -0.496 e. The van der Waals surface area contributed by atoms with Gasteiger partial charge in [0, 0.05) is 45.2 Å². The Bertz CT molecular complexity index is 1530. The molecular weight excluding hydrogens is 492 g/mol. The van der Waals surface area contributed by atoms with Crippen LogP contribution in [0.15, 0.2) is 46.8 Å². The summed E-state index contributed by atoms with van der Waals surface area (Å²) in [6, 6.07) is 12.2. The van der Waals surface area contributed by atoms with E-state index in [0.29, 0.717) is 5.57 Å². The summed E-state index contributed by atoms with van der Waals surface area (Å²) in [4.78, 5) is 4.65. The zero-order chi connectivity index (χ0) is 26.9. The molecule has 0 amide bonds. The highest BCUT2D eigenvalue weighted by Crippen LogP contribution is 2.43. The van der Waals surface area contributed by atoms with Crippen molar-refractivity contribution in [3.05, 3.63) is 73.2 Å². The number of methoxy groups -OCH3 is 1. The number of nitrogens with zero attached hydrogens (tertiary/aromatic N) is 4. The lowest BCUT2D eigenvalue weighted by Gasteiger charge is -2.38. The fourth-order valence-electron chi connectivity index (χ4n) is 5.59. The van der Waals surface area contributed by atoms with Gasteiger partial charge >= 0.3 is 0 Å². The van der Waals surface area contributed by atoms with Crippen molar-refractivity contribution in [2.24, 2.45) is 0 Å². The van der Waals surface area contributed by atoms with E-state index in [1.54, 1.807) is 18.4 Å². The van der Waals surface area contributed by atoms with Crippen LogP contribution in [0.2, 0.25) is 0 Å². The van der Waals surface area contributed by atoms with E-state index in [1.807, 2.05) is 44.2 Å². The number of thiophene rings is 1. The Labute approximate surface area is 227 Å². The third-order valence-electron chi connectivity index (χ3n) is 7.26. The third kappa shape index (κ3) is 4.49. The minimum absolute atomic E-state index is 0.0538. The minimum atomic E-state index is -0.825. The molecule has 0 aliphatic carbocycles. The van der Waals surface area contributed by atoms with Gasteiger partial charge in [-0.25, -0.2) is 0 Å². The molecule has 0 unspecified atom stereocenters. The summed E-state index contributed by atoms with van der Waals surface area (Å²) in [6.07, 6.45) is 12.6. The van der Waals surface area contributed by atoms with Gasteiger partial charge in [-0.2, -0.15) is 15.8 Å². The first-order valence-corrected chi connectivity index (χ1v) is 13.5. The van der Waals surface area contributed by atoms with Gasteiger partial charge in [0.1, 0.15) is 35.1 Å². The molecule has 6 nitrogen and oxygen atoms in total. The van der Waals surface area contributed by atoms with E-state index < -0.39 is 5.60 Å². The third-order valence-corrected chi connectivity index (χ3v) is 8.27. The summed E-state index contributed by atoms with van der Waals surface area (Å²) in [5.74, 6) is 1.04. The van der Waals surface area contributed by atoms with E-state index in [0.717, 1.165) is 53.4 Å². The number of rotatable bonds is 5. The van der Waals surface area contributed by atoms with E-state index in [1.165, 1.54) is 23.2 Å². The maximum atomic E-state index is 9.74. The molecule has 7 heteroatoms. The molecule has 38 heavy (non-hydrogen) atoms. The second-order valence-electron chi connectivity index (χ2n) is 10.0. The normalized spacial score (nSPS) is 17.7. The monoisotopic (exact) mass is 520 g/mol. The molecule has 1 aromatic carbocycles. The molecule has 0 saturated heterocycles. The van der Waals surface area contributed by atoms with Crippen molar-refractivity contribution in [2.45, 2.75) is 45.1 Å². The molecule has 0 fully saturated rings. The summed E-state index contributed by atoms with van der Waals surface area (Å²) in [5, 5.41) is 28.3. The molecule has 3 aliphatic heterocycles. The van der Waals surface area contributed by atoms with Gasteiger partial charge in [0.2, 0.25) is 0 Å². The first-order chi connectivity index (χ1) is 18.4. The van der Waals surface area contributed by atoms with Gasteiger partial charge in [-0.1, -0.05) is 6.08 Å². The Morgan fingerprint density at radius 2 is 1.71 bits per heavy atom. The molecule has 5 rings (SSSR count). The lowest BCUT2D eigenvalue weighted by atomic mass is 9.89. The van der Waals surface area contributed by atoms with Crippen LogP contribution in [-0.2, 0) is 17.6 Å². The first-order valence-electron chi connectivity index (χ1n) is 12.7. The van der Waals surface area contributed by atoms with Crippen molar-refractivity contribution in [3.63, 3.8) is 0 Å². The fourth-order valence-corrected chi connectivity index (χ4v) is 6.40. The van der Waals surface area contributed by atoms with Crippen LogP contribution >= 0.6 is 11.3 Å². The Morgan fingerprint density at radius 3 is 2.37 bits per heavy atom. The Morgan fingerprint density at radius 1 is 1.03 bits per heavy atom. The van der Waals surface area contributed by atoms with Gasteiger partial charge in [-0.05, 0) is 81.5 Å². The van der Waals surface area contributed by atoms with E-state index in [-0.39, 0.29) is 16.9 Å². The van der Waals surface area contributed by atoms with Crippen molar-refractivity contribution in [3.8, 4) is 24.0 Å². The van der Waals surface area contributed by atoms with Crippen molar-refractivity contribution >= 4 is 35.3 Å². The topological polar surface area (TPSA) is 93.1 Å². The van der Waals surface area contributed by atoms with Gasteiger partial charge in [-0.15, -0.1) is 11.3 Å². The van der Waals surface area contributed by atoms with Crippen molar-refractivity contribution in [2.75, 3.05) is 25.1 Å². The highest BCUT2D eigenvalue weighted by Gasteiger charge is 2.38. The van der Waals surface area contributed by atoms with Crippen molar-refractivity contribution in [1.82, 2.24) is 0 Å². The first kappa shape index (κ1) is 25.4. The summed E-state index contributed by atoms with van der Waals surface area (Å²) in [5.41, 5.74) is 5.14. The summed E-state index contributed by atoms with van der Waals surface area (Å²) < 4.78 is 11.8. The van der Waals surface area contributed by atoms with Crippen LogP contribution in [-0.4, -0.2) is 25.8 Å². The molecule has 0 saturated carbocycles. The van der Waals surface area contributed by atoms with Gasteiger partial charge < -0.3 is 14.4 Å². The maximum Gasteiger partial charge on any atom is 0.172 e. The zero-order valence-electron chi connectivity index (χ0n) is 21.8. The summed E-state index contributed by atoms with van der Waals surface area (Å²) in [7, 11) is 1.76. The Balaban J connectivity index is 1.42. The van der Waals surface area contributed by atoms with Crippen LogP contribution in [0.3, 0.4) is 0 Å². The number of hydrogen-bond acceptors (Lipinski definition) is 7. The average Bonchev–Trinajstić information content (AvgIpc) is 3.48. The fraction of sp³-hybridized carbons (Fsp3) is 0.323. The quantitative estimate of drug-likeness (QED) is 0.414. The Kier molecular flexibility index (Phi) is 6.85. The number of ether oxygens (including phenoxy) is 2. The van der Waals surface area contributed by atoms with E-state index >= 15 is 0 Å². The highest BCUT2D eigenvalue weighted by atomic mass is 32.1. The van der Waals surface area contributed by atoms with Crippen LogP contribution in [0.25, 0.3) is 18.2 Å². The van der Waals surface area contributed by atoms with E-state index in [2.05, 4.69) is 35.3 Å². The predicted octanol–water partition coefficient (Wildman–Crippen LogP) is 6.57. The molecule has 3 aliphatic rings. The number of benzene rings is 1. The SMILES string of the molecule is COc1c(C=Cc2ccc(C=CC3=C(C#N)C(=C(C#N)C#N)OC3(C)C)s2)cc2c3c1CCCN3CCC2. The number of nitriles is 3. The molecule has 4 heterocycles. The lowest BCUT2D eigenvalue weighted by molar-refractivity contribution is 0.0954. The number of aryl methyl sites for hydroxylation is 1. The van der Waals surface area contributed by atoms with Gasteiger partial charge in [0.25, 0.3) is 0 Å². The molecule has 0 radical (unpaired) electrons. The summed E-state index contributed by atoms with van der Waals surface area (Å²) >= 11 is 1.64. The summed E-state index contributed by atoms with van der Waals surface area (Å²) in [6.45, 7) is 5.92. The molecular formula is C31H28N4O2S. The van der Waals surface area contributed by atoms with Gasteiger partial charge in [0.15, 0.2) is 11.3 Å². The number of allylic oxidation sites excluding steroid dienone is 2. The van der Waals surface area contributed by atoms with E-state index in [4.69, 9.17) is 9.47 Å². The van der Waals surface area contributed by atoms with E-state index in [9.17, 15) is 15.8 Å². The van der Waals surface area contributed by atoms with Crippen LogP contribution in [0.5, 0.6) is 5.75 Å². The van der Waals surface area contributed by atoms with Crippen molar-refractivity contribution < 1.29 is 9.47 Å². The molecule has 190 valence electrons. The smallest absolute Gasteiger partial charge is 0.172 e. The predicted molar refractivity (Wildman–Crippen MR) is 150 cm³/mol. The molecule has 0 spiro atoms. The second kappa shape index (κ2) is 10.3. The molecule has 1 aromatic heterocycles. The molecule has 0 bridgehead atoms. The highest BCUT2D eigenvalue weighted by molar-refractivity contribution is 7.13. The number of anilines is 1. The molecule has 0 N–H and O–H groups in total. The van der Waals surface area contributed by atoms with Gasteiger partial charge in [-0.3, -0.25) is 0 Å². The second-order valence-corrected chi connectivity index (χ2v) is 11.2. The van der Waals surface area contributed by atoms with Crippen LogP contribution < -0.4 is 9.64 Å². The Hall–Kier alpha value is -4.25. The largest absolute Gasteiger partial charge is 0.496 e. The maximum absolute atomic E-state index is 9.74. The standard InChI is InChI=1S/C31H28N4O2S/c1-31(2)27(26(19-34)30(37-31)22(17-32)18-33)13-12-24-11-10-23(38-24)9-8-21-16-20-6-4-14-35-15-5-7-25(28(20)35)29(21)36-3/h8-13,16H,4-7,14-15H2,1-3H3. The van der Waals surface area contributed by atoms with Gasteiger partial charge in [0.05, 0.1) is 7.11 Å². The van der Waals surface area contributed by atoms with Crippen LogP contribution in [0, 0.1) is 34.0 Å². The molecule has 2 aromatic rings.